The summed E-state index contributed by atoms with van der Waals surface area (Å²) in [5.41, 5.74) is 1.09. The molecule has 94 valence electrons. The Hall–Kier alpha value is -1.81. The maximum Gasteiger partial charge on any atom is 0.233 e. The number of methoxy groups -OCH3 is 1. The molecule has 0 unspecified atom stereocenters. The number of halogens is 1. The SMILES string of the molecule is COc1ccccc1CCOc1cncc(Cl)n1. The lowest BCUT2D eigenvalue weighted by Crippen LogP contribution is -2.04. The van der Waals surface area contributed by atoms with Crippen molar-refractivity contribution >= 4 is 11.6 Å². The van der Waals surface area contributed by atoms with Crippen molar-refractivity contribution in [1.29, 1.82) is 0 Å². The Labute approximate surface area is 111 Å². The Morgan fingerprint density at radius 2 is 2.06 bits per heavy atom. The van der Waals surface area contributed by atoms with Crippen molar-refractivity contribution in [2.45, 2.75) is 6.42 Å². The van der Waals surface area contributed by atoms with E-state index in [9.17, 15) is 0 Å². The fourth-order valence-corrected chi connectivity index (χ4v) is 1.71. The van der Waals surface area contributed by atoms with E-state index in [4.69, 9.17) is 21.1 Å². The molecule has 2 aromatic rings. The molecule has 0 aliphatic heterocycles. The number of benzene rings is 1. The lowest BCUT2D eigenvalue weighted by Gasteiger charge is -2.08. The van der Waals surface area contributed by atoms with Gasteiger partial charge in [0, 0.05) is 6.42 Å². The van der Waals surface area contributed by atoms with Crippen molar-refractivity contribution in [2.24, 2.45) is 0 Å². The van der Waals surface area contributed by atoms with E-state index in [2.05, 4.69) is 9.97 Å². The summed E-state index contributed by atoms with van der Waals surface area (Å²) < 4.78 is 10.7. The van der Waals surface area contributed by atoms with E-state index in [1.54, 1.807) is 7.11 Å². The third kappa shape index (κ3) is 3.34. The molecule has 18 heavy (non-hydrogen) atoms. The van der Waals surface area contributed by atoms with Gasteiger partial charge in [-0.1, -0.05) is 29.8 Å². The van der Waals surface area contributed by atoms with Gasteiger partial charge in [0.15, 0.2) is 5.15 Å². The molecule has 0 aliphatic carbocycles. The van der Waals surface area contributed by atoms with E-state index in [0.717, 1.165) is 17.7 Å². The summed E-state index contributed by atoms with van der Waals surface area (Å²) in [5, 5.41) is 0.324. The highest BCUT2D eigenvalue weighted by atomic mass is 35.5. The molecule has 0 fully saturated rings. The van der Waals surface area contributed by atoms with Crippen molar-refractivity contribution in [3.8, 4) is 11.6 Å². The zero-order chi connectivity index (χ0) is 12.8. The number of hydrogen-bond donors (Lipinski definition) is 0. The molecule has 0 N–H and O–H groups in total. The van der Waals surface area contributed by atoms with Crippen LogP contribution in [0.2, 0.25) is 5.15 Å². The largest absolute Gasteiger partial charge is 0.496 e. The molecule has 0 radical (unpaired) electrons. The summed E-state index contributed by atoms with van der Waals surface area (Å²) >= 11 is 5.71. The number of para-hydroxylation sites is 1. The van der Waals surface area contributed by atoms with Crippen LogP contribution in [-0.4, -0.2) is 23.7 Å². The third-order valence-electron chi connectivity index (χ3n) is 2.40. The average Bonchev–Trinajstić information content (AvgIpc) is 2.39. The normalized spacial score (nSPS) is 10.1. The summed E-state index contributed by atoms with van der Waals surface area (Å²) in [6.45, 7) is 0.495. The lowest BCUT2D eigenvalue weighted by atomic mass is 10.1. The molecule has 0 bridgehead atoms. The Kier molecular flexibility index (Phi) is 4.36. The summed E-state index contributed by atoms with van der Waals surface area (Å²) in [6.07, 6.45) is 3.74. The molecule has 0 amide bonds. The van der Waals surface area contributed by atoms with Crippen molar-refractivity contribution in [3.63, 3.8) is 0 Å². The fourth-order valence-electron chi connectivity index (χ4n) is 1.57. The van der Waals surface area contributed by atoms with Crippen LogP contribution in [0, 0.1) is 0 Å². The van der Waals surface area contributed by atoms with Crippen molar-refractivity contribution in [3.05, 3.63) is 47.4 Å². The van der Waals surface area contributed by atoms with E-state index in [1.165, 1.54) is 12.4 Å². The first-order valence-corrected chi connectivity index (χ1v) is 5.89. The van der Waals surface area contributed by atoms with E-state index in [1.807, 2.05) is 24.3 Å². The molecular formula is C13H13ClN2O2. The minimum Gasteiger partial charge on any atom is -0.496 e. The molecule has 0 spiro atoms. The smallest absolute Gasteiger partial charge is 0.233 e. The van der Waals surface area contributed by atoms with E-state index >= 15 is 0 Å². The minimum absolute atomic E-state index is 0.324. The predicted octanol–water partition coefficient (Wildman–Crippen LogP) is 2.76. The first-order valence-electron chi connectivity index (χ1n) is 5.52. The third-order valence-corrected chi connectivity index (χ3v) is 2.58. The van der Waals surface area contributed by atoms with Crippen LogP contribution in [0.1, 0.15) is 5.56 Å². The van der Waals surface area contributed by atoms with Gasteiger partial charge in [0.05, 0.1) is 26.1 Å². The van der Waals surface area contributed by atoms with Crippen molar-refractivity contribution < 1.29 is 9.47 Å². The molecule has 5 heteroatoms. The zero-order valence-corrected chi connectivity index (χ0v) is 10.7. The molecule has 0 saturated carbocycles. The summed E-state index contributed by atoms with van der Waals surface area (Å²) in [5.74, 6) is 1.29. The van der Waals surface area contributed by atoms with Gasteiger partial charge < -0.3 is 9.47 Å². The number of hydrogen-bond acceptors (Lipinski definition) is 4. The van der Waals surface area contributed by atoms with Crippen LogP contribution in [0.25, 0.3) is 0 Å². The topological polar surface area (TPSA) is 44.2 Å². The maximum atomic E-state index is 5.71. The summed E-state index contributed by atoms with van der Waals surface area (Å²) in [6, 6.07) is 7.84. The molecule has 4 nitrogen and oxygen atoms in total. The highest BCUT2D eigenvalue weighted by molar-refractivity contribution is 6.29. The first-order chi connectivity index (χ1) is 8.79. The van der Waals surface area contributed by atoms with Gasteiger partial charge in [0.25, 0.3) is 0 Å². The second-order valence-corrected chi connectivity index (χ2v) is 3.98. The molecule has 0 aliphatic rings. The van der Waals surface area contributed by atoms with Gasteiger partial charge in [-0.3, -0.25) is 4.98 Å². The van der Waals surface area contributed by atoms with Gasteiger partial charge >= 0.3 is 0 Å². The van der Waals surface area contributed by atoms with Crippen LogP contribution in [0.4, 0.5) is 0 Å². The Morgan fingerprint density at radius 1 is 1.22 bits per heavy atom. The van der Waals surface area contributed by atoms with Crippen LogP contribution >= 0.6 is 11.6 Å². The standard InChI is InChI=1S/C13H13ClN2O2/c1-17-11-5-3-2-4-10(11)6-7-18-13-9-15-8-12(14)16-13/h2-5,8-9H,6-7H2,1H3. The van der Waals surface area contributed by atoms with Crippen molar-refractivity contribution in [2.75, 3.05) is 13.7 Å². The average molecular weight is 265 g/mol. The Bertz CT molecular complexity index is 520. The van der Waals surface area contributed by atoms with Gasteiger partial charge in [0.2, 0.25) is 5.88 Å². The van der Waals surface area contributed by atoms with Gasteiger partial charge in [-0.2, -0.15) is 4.98 Å². The zero-order valence-electron chi connectivity index (χ0n) is 9.97. The van der Waals surface area contributed by atoms with E-state index in [-0.39, 0.29) is 0 Å². The van der Waals surface area contributed by atoms with Crippen LogP contribution in [0.5, 0.6) is 11.6 Å². The summed E-state index contributed by atoms with van der Waals surface area (Å²) in [7, 11) is 1.65. The first kappa shape index (κ1) is 12.6. The molecule has 1 heterocycles. The fraction of sp³-hybridized carbons (Fsp3) is 0.231. The number of aromatic nitrogens is 2. The van der Waals surface area contributed by atoms with Gasteiger partial charge in [0.1, 0.15) is 5.75 Å². The molecule has 1 aromatic carbocycles. The highest BCUT2D eigenvalue weighted by Gasteiger charge is 2.03. The van der Waals surface area contributed by atoms with Crippen LogP contribution in [0.3, 0.4) is 0 Å². The molecule has 1 aromatic heterocycles. The Morgan fingerprint density at radius 3 is 2.83 bits per heavy atom. The van der Waals surface area contributed by atoms with Crippen LogP contribution in [0.15, 0.2) is 36.7 Å². The van der Waals surface area contributed by atoms with Gasteiger partial charge in [-0.05, 0) is 11.6 Å². The Balaban J connectivity index is 1.92. The second kappa shape index (κ2) is 6.21. The van der Waals surface area contributed by atoms with Crippen LogP contribution < -0.4 is 9.47 Å². The number of rotatable bonds is 5. The van der Waals surface area contributed by atoms with E-state index in [0.29, 0.717) is 17.6 Å². The highest BCUT2D eigenvalue weighted by Crippen LogP contribution is 2.18. The molecule has 0 saturated heterocycles. The number of nitrogens with zero attached hydrogens (tertiary/aromatic N) is 2. The van der Waals surface area contributed by atoms with E-state index < -0.39 is 0 Å². The van der Waals surface area contributed by atoms with Gasteiger partial charge in [-0.15, -0.1) is 0 Å². The molecule has 0 atom stereocenters. The quantitative estimate of drug-likeness (QED) is 0.833. The monoisotopic (exact) mass is 264 g/mol. The van der Waals surface area contributed by atoms with Gasteiger partial charge in [-0.25, -0.2) is 0 Å². The molecular weight excluding hydrogens is 252 g/mol. The summed E-state index contributed by atoms with van der Waals surface area (Å²) in [4.78, 5) is 7.90. The van der Waals surface area contributed by atoms with Crippen LogP contribution in [-0.2, 0) is 6.42 Å². The number of ether oxygens (including phenoxy) is 2. The predicted molar refractivity (Wildman–Crippen MR) is 69.2 cm³/mol. The molecule has 2 rings (SSSR count). The minimum atomic E-state index is 0.324. The lowest BCUT2D eigenvalue weighted by molar-refractivity contribution is 0.305. The maximum absolute atomic E-state index is 5.71. The van der Waals surface area contributed by atoms with Crippen molar-refractivity contribution in [1.82, 2.24) is 9.97 Å². The second-order valence-electron chi connectivity index (χ2n) is 3.59.